The van der Waals surface area contributed by atoms with Crippen molar-refractivity contribution in [3.63, 3.8) is 0 Å². The lowest BCUT2D eigenvalue weighted by atomic mass is 10.0. The Bertz CT molecular complexity index is 540. The fraction of sp³-hybridized carbons (Fsp3) is 0.294. The van der Waals surface area contributed by atoms with Gasteiger partial charge >= 0.3 is 0 Å². The Balaban J connectivity index is 2.02. The molecule has 20 heavy (non-hydrogen) atoms. The molecular weight excluding hydrogens is 272 g/mol. The number of rotatable bonds is 7. The van der Waals surface area contributed by atoms with Crippen LogP contribution < -0.4 is 9.47 Å². The lowest BCUT2D eigenvalue weighted by Gasteiger charge is -2.10. The SMILES string of the molecule is COc1cccc(CCc2ccccc2OCCCl)c1. The van der Waals surface area contributed by atoms with Crippen molar-refractivity contribution in [3.05, 3.63) is 59.7 Å². The van der Waals surface area contributed by atoms with Gasteiger partial charge in [-0.25, -0.2) is 0 Å². The monoisotopic (exact) mass is 290 g/mol. The van der Waals surface area contributed by atoms with E-state index in [-0.39, 0.29) is 0 Å². The summed E-state index contributed by atoms with van der Waals surface area (Å²) in [6.45, 7) is 0.539. The quantitative estimate of drug-likeness (QED) is 0.715. The molecule has 0 unspecified atom stereocenters. The van der Waals surface area contributed by atoms with E-state index in [0.717, 1.165) is 24.3 Å². The molecule has 0 aliphatic heterocycles. The molecule has 106 valence electrons. The highest BCUT2D eigenvalue weighted by atomic mass is 35.5. The minimum absolute atomic E-state index is 0.504. The number of aryl methyl sites for hydroxylation is 2. The van der Waals surface area contributed by atoms with Crippen LogP contribution in [0.15, 0.2) is 48.5 Å². The molecule has 0 aliphatic rings. The Kier molecular flexibility index (Phi) is 5.75. The van der Waals surface area contributed by atoms with Crippen molar-refractivity contribution in [2.75, 3.05) is 19.6 Å². The first-order chi connectivity index (χ1) is 9.83. The summed E-state index contributed by atoms with van der Waals surface area (Å²) in [6.07, 6.45) is 1.89. The predicted octanol–water partition coefficient (Wildman–Crippen LogP) is 4.10. The normalized spacial score (nSPS) is 10.3. The molecule has 0 radical (unpaired) electrons. The fourth-order valence-corrected chi connectivity index (χ4v) is 2.18. The van der Waals surface area contributed by atoms with Crippen LogP contribution in [-0.4, -0.2) is 19.6 Å². The molecule has 0 aromatic heterocycles. The Labute approximate surface area is 125 Å². The van der Waals surface area contributed by atoms with Crippen molar-refractivity contribution >= 4 is 11.6 Å². The predicted molar refractivity (Wildman–Crippen MR) is 83.1 cm³/mol. The third kappa shape index (κ3) is 4.17. The van der Waals surface area contributed by atoms with Gasteiger partial charge in [-0.3, -0.25) is 0 Å². The van der Waals surface area contributed by atoms with Gasteiger partial charge in [0.25, 0.3) is 0 Å². The molecule has 0 saturated heterocycles. The van der Waals surface area contributed by atoms with Gasteiger partial charge < -0.3 is 9.47 Å². The van der Waals surface area contributed by atoms with Crippen LogP contribution in [0.4, 0.5) is 0 Å². The first-order valence-electron chi connectivity index (χ1n) is 6.73. The number of para-hydroxylation sites is 1. The van der Waals surface area contributed by atoms with Crippen molar-refractivity contribution in [1.82, 2.24) is 0 Å². The van der Waals surface area contributed by atoms with Crippen molar-refractivity contribution in [3.8, 4) is 11.5 Å². The molecule has 2 aromatic rings. The smallest absolute Gasteiger partial charge is 0.122 e. The highest BCUT2D eigenvalue weighted by Gasteiger charge is 2.04. The second-order valence-electron chi connectivity index (χ2n) is 4.50. The van der Waals surface area contributed by atoms with Crippen molar-refractivity contribution in [2.45, 2.75) is 12.8 Å². The van der Waals surface area contributed by atoms with Crippen LogP contribution >= 0.6 is 11.6 Å². The van der Waals surface area contributed by atoms with Crippen LogP contribution in [0.3, 0.4) is 0 Å². The van der Waals surface area contributed by atoms with Gasteiger partial charge in [-0.15, -0.1) is 11.6 Å². The van der Waals surface area contributed by atoms with Crippen LogP contribution in [0.5, 0.6) is 11.5 Å². The average molecular weight is 291 g/mol. The summed E-state index contributed by atoms with van der Waals surface area (Å²) in [4.78, 5) is 0. The van der Waals surface area contributed by atoms with E-state index in [1.54, 1.807) is 7.11 Å². The highest BCUT2D eigenvalue weighted by Crippen LogP contribution is 2.21. The standard InChI is InChI=1S/C17H19ClO2/c1-19-16-7-4-5-14(13-16)9-10-15-6-2-3-8-17(15)20-12-11-18/h2-8,13H,9-12H2,1H3. The third-order valence-electron chi connectivity index (χ3n) is 3.12. The van der Waals surface area contributed by atoms with Gasteiger partial charge in [0, 0.05) is 0 Å². The lowest BCUT2D eigenvalue weighted by molar-refractivity contribution is 0.339. The van der Waals surface area contributed by atoms with E-state index in [1.807, 2.05) is 30.3 Å². The second-order valence-corrected chi connectivity index (χ2v) is 4.87. The van der Waals surface area contributed by atoms with E-state index < -0.39 is 0 Å². The highest BCUT2D eigenvalue weighted by molar-refractivity contribution is 6.18. The Morgan fingerprint density at radius 3 is 2.65 bits per heavy atom. The number of methoxy groups -OCH3 is 1. The molecule has 0 aliphatic carbocycles. The molecule has 0 spiro atoms. The molecule has 0 atom stereocenters. The Hall–Kier alpha value is -1.67. The van der Waals surface area contributed by atoms with Crippen LogP contribution in [0.1, 0.15) is 11.1 Å². The molecule has 0 heterocycles. The topological polar surface area (TPSA) is 18.5 Å². The summed E-state index contributed by atoms with van der Waals surface area (Å²) in [6, 6.07) is 16.3. The van der Waals surface area contributed by atoms with E-state index in [2.05, 4.69) is 18.2 Å². The molecule has 2 rings (SSSR count). The zero-order valence-electron chi connectivity index (χ0n) is 11.6. The molecule has 0 saturated carbocycles. The minimum atomic E-state index is 0.504. The summed E-state index contributed by atoms with van der Waals surface area (Å²) in [5, 5.41) is 0. The third-order valence-corrected chi connectivity index (χ3v) is 3.28. The summed E-state index contributed by atoms with van der Waals surface area (Å²) >= 11 is 5.67. The zero-order chi connectivity index (χ0) is 14.2. The molecule has 3 heteroatoms. The van der Waals surface area contributed by atoms with Gasteiger partial charge in [0.1, 0.15) is 18.1 Å². The molecule has 2 nitrogen and oxygen atoms in total. The summed E-state index contributed by atoms with van der Waals surface area (Å²) in [5.41, 5.74) is 2.47. The van der Waals surface area contributed by atoms with E-state index in [4.69, 9.17) is 21.1 Å². The summed E-state index contributed by atoms with van der Waals surface area (Å²) in [7, 11) is 1.69. The first kappa shape index (κ1) is 14.7. The Morgan fingerprint density at radius 1 is 1.00 bits per heavy atom. The molecule has 0 N–H and O–H groups in total. The molecule has 0 bridgehead atoms. The molecule has 0 amide bonds. The van der Waals surface area contributed by atoms with Gasteiger partial charge in [-0.2, -0.15) is 0 Å². The maximum atomic E-state index is 5.67. The maximum Gasteiger partial charge on any atom is 0.122 e. The van der Waals surface area contributed by atoms with Gasteiger partial charge in [0.05, 0.1) is 13.0 Å². The van der Waals surface area contributed by atoms with Gasteiger partial charge in [0.15, 0.2) is 0 Å². The lowest BCUT2D eigenvalue weighted by Crippen LogP contribution is -2.02. The average Bonchev–Trinajstić information content (AvgIpc) is 2.52. The Morgan fingerprint density at radius 2 is 1.85 bits per heavy atom. The molecular formula is C17H19ClO2. The number of hydrogen-bond donors (Lipinski definition) is 0. The van der Waals surface area contributed by atoms with E-state index in [0.29, 0.717) is 12.5 Å². The largest absolute Gasteiger partial charge is 0.497 e. The number of benzene rings is 2. The van der Waals surface area contributed by atoms with Crippen LogP contribution in [0.2, 0.25) is 0 Å². The fourth-order valence-electron chi connectivity index (χ4n) is 2.11. The number of halogens is 1. The van der Waals surface area contributed by atoms with Gasteiger partial charge in [0.2, 0.25) is 0 Å². The van der Waals surface area contributed by atoms with Crippen molar-refractivity contribution in [1.29, 1.82) is 0 Å². The maximum absolute atomic E-state index is 5.67. The van der Waals surface area contributed by atoms with Crippen LogP contribution in [-0.2, 0) is 12.8 Å². The molecule has 2 aromatic carbocycles. The van der Waals surface area contributed by atoms with Crippen molar-refractivity contribution in [2.24, 2.45) is 0 Å². The first-order valence-corrected chi connectivity index (χ1v) is 7.26. The van der Waals surface area contributed by atoms with Crippen LogP contribution in [0.25, 0.3) is 0 Å². The van der Waals surface area contributed by atoms with E-state index in [9.17, 15) is 0 Å². The van der Waals surface area contributed by atoms with Crippen LogP contribution in [0, 0.1) is 0 Å². The summed E-state index contributed by atoms with van der Waals surface area (Å²) < 4.78 is 10.9. The number of alkyl halides is 1. The second kappa shape index (κ2) is 7.81. The zero-order valence-corrected chi connectivity index (χ0v) is 12.4. The minimum Gasteiger partial charge on any atom is -0.497 e. The van der Waals surface area contributed by atoms with Crippen molar-refractivity contribution < 1.29 is 9.47 Å². The number of hydrogen-bond acceptors (Lipinski definition) is 2. The van der Waals surface area contributed by atoms with E-state index >= 15 is 0 Å². The summed E-state index contributed by atoms with van der Waals surface area (Å²) in [5.74, 6) is 2.33. The number of ether oxygens (including phenoxy) is 2. The van der Waals surface area contributed by atoms with Gasteiger partial charge in [-0.05, 0) is 42.2 Å². The van der Waals surface area contributed by atoms with E-state index in [1.165, 1.54) is 11.1 Å². The van der Waals surface area contributed by atoms with Gasteiger partial charge in [-0.1, -0.05) is 30.3 Å². The molecule has 0 fully saturated rings.